The van der Waals surface area contributed by atoms with Crippen LogP contribution < -0.4 is 19.7 Å². The molecule has 0 aliphatic heterocycles. The number of benzene rings is 3. The van der Waals surface area contributed by atoms with Crippen molar-refractivity contribution < 1.29 is 14.3 Å². The van der Waals surface area contributed by atoms with Crippen molar-refractivity contribution in [2.24, 2.45) is 0 Å². The van der Waals surface area contributed by atoms with E-state index in [0.717, 1.165) is 11.3 Å². The van der Waals surface area contributed by atoms with E-state index in [0.29, 0.717) is 23.7 Å². The van der Waals surface area contributed by atoms with Gasteiger partial charge in [-0.1, -0.05) is 48.5 Å². The molecule has 0 aliphatic rings. The van der Waals surface area contributed by atoms with Gasteiger partial charge in [0.15, 0.2) is 0 Å². The average molecular weight is 362 g/mol. The highest BCUT2D eigenvalue weighted by molar-refractivity contribution is 6.01. The van der Waals surface area contributed by atoms with Crippen molar-refractivity contribution in [3.63, 3.8) is 0 Å². The van der Waals surface area contributed by atoms with Gasteiger partial charge in [-0.2, -0.15) is 0 Å². The highest BCUT2D eigenvalue weighted by atomic mass is 16.5. The number of hydrogen-bond acceptors (Lipinski definition) is 3. The summed E-state index contributed by atoms with van der Waals surface area (Å²) in [5.74, 6) is 1.22. The first-order chi connectivity index (χ1) is 13.2. The van der Waals surface area contributed by atoms with Gasteiger partial charge in [-0.05, 0) is 17.7 Å². The van der Waals surface area contributed by atoms with Gasteiger partial charge in [-0.15, -0.1) is 0 Å². The second kappa shape index (κ2) is 8.76. The van der Waals surface area contributed by atoms with Crippen LogP contribution in [0.5, 0.6) is 11.5 Å². The summed E-state index contributed by atoms with van der Waals surface area (Å²) >= 11 is 0. The molecule has 3 aromatic rings. The number of methoxy groups -OCH3 is 2. The summed E-state index contributed by atoms with van der Waals surface area (Å²) in [6.45, 7) is 0.456. The fourth-order valence-electron chi connectivity index (χ4n) is 2.72. The van der Waals surface area contributed by atoms with Crippen molar-refractivity contribution in [2.75, 3.05) is 24.4 Å². The molecule has 27 heavy (non-hydrogen) atoms. The number of anilines is 2. The first kappa shape index (κ1) is 18.3. The van der Waals surface area contributed by atoms with Crippen LogP contribution in [-0.2, 0) is 6.54 Å². The summed E-state index contributed by atoms with van der Waals surface area (Å²) in [7, 11) is 3.15. The monoisotopic (exact) mass is 362 g/mol. The minimum atomic E-state index is -0.236. The van der Waals surface area contributed by atoms with Crippen molar-refractivity contribution in [3.8, 4) is 11.5 Å². The summed E-state index contributed by atoms with van der Waals surface area (Å²) in [6, 6.07) is 24.5. The third kappa shape index (κ3) is 4.79. The van der Waals surface area contributed by atoms with E-state index < -0.39 is 0 Å². The third-order valence-electron chi connectivity index (χ3n) is 4.10. The molecule has 5 nitrogen and oxygen atoms in total. The van der Waals surface area contributed by atoms with Crippen LogP contribution in [0.15, 0.2) is 78.9 Å². The van der Waals surface area contributed by atoms with E-state index in [9.17, 15) is 4.79 Å². The molecule has 0 spiro atoms. The number of nitrogens with zero attached hydrogens (tertiary/aromatic N) is 1. The minimum absolute atomic E-state index is 0.236. The molecule has 0 radical (unpaired) electrons. The Hall–Kier alpha value is -3.47. The molecule has 138 valence electrons. The molecule has 0 saturated heterocycles. The van der Waals surface area contributed by atoms with Crippen molar-refractivity contribution in [1.29, 1.82) is 0 Å². The fourth-order valence-corrected chi connectivity index (χ4v) is 2.72. The predicted octanol–water partition coefficient (Wildman–Crippen LogP) is 4.94. The summed E-state index contributed by atoms with van der Waals surface area (Å²) in [4.78, 5) is 14.7. The zero-order valence-corrected chi connectivity index (χ0v) is 15.4. The molecule has 0 atom stereocenters. The summed E-state index contributed by atoms with van der Waals surface area (Å²) < 4.78 is 10.5. The Morgan fingerprint density at radius 2 is 1.41 bits per heavy atom. The lowest BCUT2D eigenvalue weighted by Gasteiger charge is -2.23. The number of rotatable bonds is 6. The van der Waals surface area contributed by atoms with E-state index in [2.05, 4.69) is 5.32 Å². The van der Waals surface area contributed by atoms with Crippen LogP contribution in [0.1, 0.15) is 5.56 Å². The van der Waals surface area contributed by atoms with Gasteiger partial charge in [0.05, 0.1) is 20.8 Å². The van der Waals surface area contributed by atoms with E-state index >= 15 is 0 Å². The van der Waals surface area contributed by atoms with Crippen molar-refractivity contribution in [1.82, 2.24) is 0 Å². The maximum absolute atomic E-state index is 13.0. The molecule has 3 rings (SSSR count). The molecule has 0 saturated carbocycles. The van der Waals surface area contributed by atoms with E-state index in [4.69, 9.17) is 9.47 Å². The normalized spacial score (nSPS) is 10.1. The molecule has 0 fully saturated rings. The van der Waals surface area contributed by atoms with Crippen molar-refractivity contribution in [3.05, 3.63) is 84.4 Å². The van der Waals surface area contributed by atoms with Gasteiger partial charge in [0, 0.05) is 29.6 Å². The Kier molecular flexibility index (Phi) is 5.94. The number of carbonyl (C=O) groups excluding carboxylic acids is 1. The molecular weight excluding hydrogens is 340 g/mol. The van der Waals surface area contributed by atoms with Crippen molar-refractivity contribution in [2.45, 2.75) is 6.54 Å². The molecular formula is C22H22N2O3. The Labute approximate surface area is 159 Å². The number of hydrogen-bond donors (Lipinski definition) is 1. The second-order valence-corrected chi connectivity index (χ2v) is 5.94. The van der Waals surface area contributed by atoms with Crippen LogP contribution in [0.3, 0.4) is 0 Å². The maximum Gasteiger partial charge on any atom is 0.326 e. The fraction of sp³-hybridized carbons (Fsp3) is 0.136. The largest absolute Gasteiger partial charge is 0.497 e. The van der Waals surface area contributed by atoms with Gasteiger partial charge in [-0.25, -0.2) is 4.79 Å². The van der Waals surface area contributed by atoms with Crippen LogP contribution in [0.2, 0.25) is 0 Å². The molecule has 3 aromatic carbocycles. The van der Waals surface area contributed by atoms with Gasteiger partial charge >= 0.3 is 6.03 Å². The average Bonchev–Trinajstić information content (AvgIpc) is 2.73. The summed E-state index contributed by atoms with van der Waals surface area (Å²) in [5, 5.41) is 2.94. The first-order valence-electron chi connectivity index (χ1n) is 8.60. The van der Waals surface area contributed by atoms with Crippen LogP contribution in [0.25, 0.3) is 0 Å². The smallest absolute Gasteiger partial charge is 0.326 e. The van der Waals surface area contributed by atoms with Gasteiger partial charge in [0.1, 0.15) is 11.5 Å². The number of carbonyl (C=O) groups is 1. The number of nitrogens with one attached hydrogen (secondary N) is 1. The van der Waals surface area contributed by atoms with E-state index in [-0.39, 0.29) is 6.03 Å². The zero-order valence-electron chi connectivity index (χ0n) is 15.4. The molecule has 1 N–H and O–H groups in total. The van der Waals surface area contributed by atoms with Crippen LogP contribution in [0.4, 0.5) is 16.2 Å². The Bertz CT molecular complexity index is 860. The van der Waals surface area contributed by atoms with Gasteiger partial charge in [0.25, 0.3) is 0 Å². The lowest BCUT2D eigenvalue weighted by molar-refractivity contribution is 0.256. The maximum atomic E-state index is 13.0. The van der Waals surface area contributed by atoms with Gasteiger partial charge < -0.3 is 14.8 Å². The molecule has 0 bridgehead atoms. The lowest BCUT2D eigenvalue weighted by atomic mass is 10.2. The highest BCUT2D eigenvalue weighted by Gasteiger charge is 2.17. The zero-order chi connectivity index (χ0) is 19.1. The number of urea groups is 1. The van der Waals surface area contributed by atoms with Gasteiger partial charge in [-0.3, -0.25) is 4.90 Å². The summed E-state index contributed by atoms with van der Waals surface area (Å²) in [5.41, 5.74) is 2.46. The van der Waals surface area contributed by atoms with Gasteiger partial charge in [0.2, 0.25) is 0 Å². The number of para-hydroxylation sites is 1. The first-order valence-corrected chi connectivity index (χ1v) is 8.60. The number of ether oxygens (including phenoxy) is 2. The standard InChI is InChI=1S/C22H22N2O3/c1-26-20-13-18(14-21(15-20)27-2)23-22(25)24(19-11-7-4-8-12-19)16-17-9-5-3-6-10-17/h3-15H,16H2,1-2H3,(H,23,25). The Balaban J connectivity index is 1.87. The van der Waals surface area contributed by atoms with Crippen LogP contribution >= 0.6 is 0 Å². The minimum Gasteiger partial charge on any atom is -0.497 e. The molecule has 0 unspecified atom stereocenters. The second-order valence-electron chi connectivity index (χ2n) is 5.94. The number of amides is 2. The summed E-state index contributed by atoms with van der Waals surface area (Å²) in [6.07, 6.45) is 0. The molecule has 0 aliphatic carbocycles. The van der Waals surface area contributed by atoms with E-state index in [1.54, 1.807) is 37.3 Å². The predicted molar refractivity (Wildman–Crippen MR) is 108 cm³/mol. The molecule has 0 aromatic heterocycles. The van der Waals surface area contributed by atoms with Crippen molar-refractivity contribution >= 4 is 17.4 Å². The lowest BCUT2D eigenvalue weighted by Crippen LogP contribution is -2.34. The quantitative estimate of drug-likeness (QED) is 0.675. The topological polar surface area (TPSA) is 50.8 Å². The Morgan fingerprint density at radius 1 is 0.852 bits per heavy atom. The third-order valence-corrected chi connectivity index (χ3v) is 4.10. The van der Waals surface area contributed by atoms with Crippen LogP contribution in [-0.4, -0.2) is 20.3 Å². The van der Waals surface area contributed by atoms with E-state index in [1.807, 2.05) is 60.7 Å². The molecule has 0 heterocycles. The highest BCUT2D eigenvalue weighted by Crippen LogP contribution is 2.27. The SMILES string of the molecule is COc1cc(NC(=O)N(Cc2ccccc2)c2ccccc2)cc(OC)c1. The van der Waals surface area contributed by atoms with Crippen LogP contribution in [0, 0.1) is 0 Å². The Morgan fingerprint density at radius 3 is 1.96 bits per heavy atom. The molecule has 2 amide bonds. The van der Waals surface area contributed by atoms with E-state index in [1.165, 1.54) is 0 Å². The molecule has 5 heteroatoms.